The summed E-state index contributed by atoms with van der Waals surface area (Å²) in [5.74, 6) is 0.460. The number of hydrogen-bond acceptors (Lipinski definition) is 3. The van der Waals surface area contributed by atoms with Crippen molar-refractivity contribution < 1.29 is 14.3 Å². The first-order chi connectivity index (χ1) is 14.1. The zero-order chi connectivity index (χ0) is 20.5. The summed E-state index contributed by atoms with van der Waals surface area (Å²) in [5, 5.41) is 5.57. The Hall–Kier alpha value is -3.60. The van der Waals surface area contributed by atoms with E-state index in [0.29, 0.717) is 31.0 Å². The molecular formula is C24H24N2O3. The molecule has 3 aromatic carbocycles. The lowest BCUT2D eigenvalue weighted by atomic mass is 10.0. The molecule has 3 rings (SSSR count). The van der Waals surface area contributed by atoms with Gasteiger partial charge in [-0.15, -0.1) is 0 Å². The van der Waals surface area contributed by atoms with Crippen LogP contribution in [0.1, 0.15) is 12.5 Å². The van der Waals surface area contributed by atoms with Crippen molar-refractivity contribution in [3.05, 3.63) is 84.4 Å². The maximum atomic E-state index is 12.1. The van der Waals surface area contributed by atoms with Crippen LogP contribution in [0.4, 0.5) is 5.69 Å². The van der Waals surface area contributed by atoms with Gasteiger partial charge in [0.25, 0.3) is 0 Å². The van der Waals surface area contributed by atoms with Crippen LogP contribution in [-0.2, 0) is 16.0 Å². The second-order valence-corrected chi connectivity index (χ2v) is 6.65. The lowest BCUT2D eigenvalue weighted by Gasteiger charge is -2.10. The van der Waals surface area contributed by atoms with Crippen LogP contribution in [0.25, 0.3) is 11.1 Å². The number of benzene rings is 3. The Morgan fingerprint density at radius 3 is 2.31 bits per heavy atom. The van der Waals surface area contributed by atoms with Crippen LogP contribution in [0.15, 0.2) is 78.9 Å². The number of amides is 2. The summed E-state index contributed by atoms with van der Waals surface area (Å²) in [6.45, 7) is 2.21. The molecule has 0 aliphatic carbocycles. The van der Waals surface area contributed by atoms with Gasteiger partial charge < -0.3 is 15.4 Å². The van der Waals surface area contributed by atoms with Crippen molar-refractivity contribution in [3.8, 4) is 16.9 Å². The van der Waals surface area contributed by atoms with E-state index in [1.807, 2.05) is 42.5 Å². The quantitative estimate of drug-likeness (QED) is 0.572. The summed E-state index contributed by atoms with van der Waals surface area (Å²) in [7, 11) is 0. The van der Waals surface area contributed by atoms with Gasteiger partial charge in [-0.3, -0.25) is 9.59 Å². The molecule has 148 valence electrons. The first-order valence-electron chi connectivity index (χ1n) is 9.52. The molecule has 0 heterocycles. The number of nitrogens with one attached hydrogen (secondary N) is 2. The first-order valence-corrected chi connectivity index (χ1v) is 9.52. The van der Waals surface area contributed by atoms with Gasteiger partial charge in [0.2, 0.25) is 11.8 Å². The van der Waals surface area contributed by atoms with Crippen molar-refractivity contribution in [1.82, 2.24) is 5.32 Å². The lowest BCUT2D eigenvalue weighted by molar-refractivity contribution is -0.120. The third kappa shape index (κ3) is 6.50. The summed E-state index contributed by atoms with van der Waals surface area (Å²) >= 11 is 0. The second kappa shape index (κ2) is 10.1. The molecule has 5 nitrogen and oxygen atoms in total. The monoisotopic (exact) mass is 388 g/mol. The van der Waals surface area contributed by atoms with Crippen molar-refractivity contribution in [2.24, 2.45) is 0 Å². The highest BCUT2D eigenvalue weighted by molar-refractivity contribution is 5.88. The summed E-state index contributed by atoms with van der Waals surface area (Å²) in [5.41, 5.74) is 3.93. The number of carbonyl (C=O) groups is 2. The largest absolute Gasteiger partial charge is 0.492 e. The average molecular weight is 388 g/mol. The fourth-order valence-electron chi connectivity index (χ4n) is 2.92. The Bertz CT molecular complexity index is 953. The molecular weight excluding hydrogens is 364 g/mol. The molecule has 0 saturated heterocycles. The summed E-state index contributed by atoms with van der Waals surface area (Å²) < 4.78 is 5.63. The minimum atomic E-state index is -0.133. The highest BCUT2D eigenvalue weighted by Gasteiger charge is 2.04. The van der Waals surface area contributed by atoms with Gasteiger partial charge in [-0.25, -0.2) is 0 Å². The predicted octanol–water partition coefficient (Wildman–Crippen LogP) is 4.05. The highest BCUT2D eigenvalue weighted by Crippen LogP contribution is 2.19. The van der Waals surface area contributed by atoms with Crippen LogP contribution < -0.4 is 15.4 Å². The Morgan fingerprint density at radius 1 is 0.862 bits per heavy atom. The molecule has 5 heteroatoms. The van der Waals surface area contributed by atoms with Crippen LogP contribution in [-0.4, -0.2) is 25.0 Å². The molecule has 3 aromatic rings. The third-order valence-corrected chi connectivity index (χ3v) is 4.27. The molecule has 0 atom stereocenters. The van der Waals surface area contributed by atoms with Crippen molar-refractivity contribution in [2.75, 3.05) is 18.5 Å². The minimum absolute atomic E-state index is 0.0481. The van der Waals surface area contributed by atoms with Crippen LogP contribution in [0.3, 0.4) is 0 Å². The molecule has 29 heavy (non-hydrogen) atoms. The molecule has 0 fully saturated rings. The molecule has 0 aliphatic rings. The number of ether oxygens (including phenoxy) is 1. The van der Waals surface area contributed by atoms with E-state index in [2.05, 4.69) is 22.8 Å². The van der Waals surface area contributed by atoms with E-state index in [1.165, 1.54) is 6.92 Å². The molecule has 0 aromatic heterocycles. The predicted molar refractivity (Wildman–Crippen MR) is 115 cm³/mol. The van der Waals surface area contributed by atoms with E-state index in [1.54, 1.807) is 24.3 Å². The molecule has 2 N–H and O–H groups in total. The van der Waals surface area contributed by atoms with Gasteiger partial charge in [-0.05, 0) is 28.8 Å². The van der Waals surface area contributed by atoms with Gasteiger partial charge in [0.15, 0.2) is 0 Å². The molecule has 2 amide bonds. The Morgan fingerprint density at radius 2 is 1.59 bits per heavy atom. The molecule has 0 spiro atoms. The minimum Gasteiger partial charge on any atom is -0.492 e. The number of anilines is 1. The van der Waals surface area contributed by atoms with Crippen molar-refractivity contribution >= 4 is 17.5 Å². The van der Waals surface area contributed by atoms with E-state index in [9.17, 15) is 9.59 Å². The zero-order valence-electron chi connectivity index (χ0n) is 16.4. The summed E-state index contributed by atoms with van der Waals surface area (Å²) in [6, 6.07) is 25.3. The van der Waals surface area contributed by atoms with Gasteiger partial charge in [0.05, 0.1) is 13.0 Å². The van der Waals surface area contributed by atoms with Crippen LogP contribution >= 0.6 is 0 Å². The van der Waals surface area contributed by atoms with Gasteiger partial charge in [0.1, 0.15) is 12.4 Å². The first kappa shape index (κ1) is 20.1. The standard InChI is InChI=1S/C24H24N2O3/c1-18(27)26-22-8-5-9-23(17-22)29-15-14-25-24(28)16-19-10-12-21(13-11-19)20-6-3-2-4-7-20/h2-13,17H,14-16H2,1H3,(H,25,28)(H,26,27). The van der Waals surface area contributed by atoms with E-state index in [4.69, 9.17) is 4.74 Å². The highest BCUT2D eigenvalue weighted by atomic mass is 16.5. The fraction of sp³-hybridized carbons (Fsp3) is 0.167. The van der Waals surface area contributed by atoms with Crippen LogP contribution in [0.2, 0.25) is 0 Å². The summed E-state index contributed by atoms with van der Waals surface area (Å²) in [6.07, 6.45) is 0.326. The van der Waals surface area contributed by atoms with E-state index in [0.717, 1.165) is 16.7 Å². The van der Waals surface area contributed by atoms with Gasteiger partial charge in [-0.1, -0.05) is 60.7 Å². The molecule has 0 aliphatic heterocycles. The smallest absolute Gasteiger partial charge is 0.224 e. The third-order valence-electron chi connectivity index (χ3n) is 4.27. The van der Waals surface area contributed by atoms with Gasteiger partial charge >= 0.3 is 0 Å². The van der Waals surface area contributed by atoms with Gasteiger partial charge in [-0.2, -0.15) is 0 Å². The molecule has 0 bridgehead atoms. The summed E-state index contributed by atoms with van der Waals surface area (Å²) in [4.78, 5) is 23.2. The molecule has 0 saturated carbocycles. The van der Waals surface area contributed by atoms with Crippen molar-refractivity contribution in [1.29, 1.82) is 0 Å². The Kier molecular flexibility index (Phi) is 7.00. The van der Waals surface area contributed by atoms with Crippen LogP contribution in [0, 0.1) is 0 Å². The van der Waals surface area contributed by atoms with Crippen molar-refractivity contribution in [2.45, 2.75) is 13.3 Å². The number of hydrogen-bond donors (Lipinski definition) is 2. The van der Waals surface area contributed by atoms with E-state index >= 15 is 0 Å². The second-order valence-electron chi connectivity index (χ2n) is 6.65. The number of carbonyl (C=O) groups excluding carboxylic acids is 2. The molecule has 0 unspecified atom stereocenters. The van der Waals surface area contributed by atoms with Gasteiger partial charge in [0, 0.05) is 18.7 Å². The maximum Gasteiger partial charge on any atom is 0.224 e. The Labute approximate surface area is 170 Å². The Balaban J connectivity index is 1.42. The molecule has 0 radical (unpaired) electrons. The van der Waals surface area contributed by atoms with Crippen molar-refractivity contribution in [3.63, 3.8) is 0 Å². The SMILES string of the molecule is CC(=O)Nc1cccc(OCCNC(=O)Cc2ccc(-c3ccccc3)cc2)c1. The normalized spacial score (nSPS) is 10.2. The fourth-order valence-corrected chi connectivity index (χ4v) is 2.92. The van der Waals surface area contributed by atoms with E-state index < -0.39 is 0 Å². The van der Waals surface area contributed by atoms with E-state index in [-0.39, 0.29) is 11.8 Å². The zero-order valence-corrected chi connectivity index (χ0v) is 16.4. The average Bonchev–Trinajstić information content (AvgIpc) is 2.72. The van der Waals surface area contributed by atoms with Crippen LogP contribution in [0.5, 0.6) is 5.75 Å². The number of rotatable bonds is 8. The lowest BCUT2D eigenvalue weighted by Crippen LogP contribution is -2.29. The topological polar surface area (TPSA) is 67.4 Å². The maximum absolute atomic E-state index is 12.1.